The summed E-state index contributed by atoms with van der Waals surface area (Å²) >= 11 is 0. The van der Waals surface area contributed by atoms with Crippen LogP contribution in [0.1, 0.15) is 0 Å². The summed E-state index contributed by atoms with van der Waals surface area (Å²) in [6.45, 7) is 0. The van der Waals surface area contributed by atoms with E-state index in [1.807, 2.05) is 0 Å². The molecule has 0 aliphatic rings. The minimum atomic E-state index is -0.656. The van der Waals surface area contributed by atoms with E-state index in [2.05, 4.69) is 0 Å². The zero-order valence-corrected chi connectivity index (χ0v) is 9.93. The standard InChI is InChI=1S/B14.V/c1-8-13(10(2)3)9-14(11(4)5)12(6)7;. The molecule has 47 valence electrons. The van der Waals surface area contributed by atoms with Crippen molar-refractivity contribution in [2.24, 2.45) is 0 Å². The Labute approximate surface area is 118 Å². The van der Waals surface area contributed by atoms with Crippen molar-refractivity contribution in [3.8, 4) is 0 Å². The Hall–Kier alpha value is 1.49. The molecule has 0 heterocycles. The fourth-order valence-corrected chi connectivity index (χ4v) is 1.09. The van der Waals surface area contributed by atoms with Gasteiger partial charge in [0.15, 0.2) is 0 Å². The molecule has 0 aliphatic carbocycles. The van der Waals surface area contributed by atoms with Gasteiger partial charge < -0.3 is 0 Å². The molecule has 0 aromatic carbocycles. The first-order valence-corrected chi connectivity index (χ1v) is 4.33. The van der Waals surface area contributed by atoms with Crippen molar-refractivity contribution in [1.82, 2.24) is 0 Å². The monoisotopic (exact) mass is 205 g/mol. The molecule has 0 saturated heterocycles. The zero-order valence-electron chi connectivity index (χ0n) is 8.53. The van der Waals surface area contributed by atoms with Crippen LogP contribution in [0.25, 0.3) is 0 Å². The summed E-state index contributed by atoms with van der Waals surface area (Å²) in [6, 6.07) is 0. The molecular weight excluding hydrogens is 202 g/mol. The van der Waals surface area contributed by atoms with Gasteiger partial charge in [0.05, 0.1) is 0 Å². The molecule has 0 saturated carbocycles. The summed E-state index contributed by atoms with van der Waals surface area (Å²) in [5, 5.41) is 0. The molecule has 17 radical (unpaired) electrons. The van der Waals surface area contributed by atoms with E-state index in [1.54, 1.807) is 7.06 Å². The molecule has 0 nitrogen and oxygen atoms in total. The second-order valence-electron chi connectivity index (χ2n) is 3.27. The summed E-state index contributed by atoms with van der Waals surface area (Å²) in [6.07, 6.45) is -2.62. The Morgan fingerprint density at radius 2 is 1.13 bits per heavy atom. The van der Waals surface area contributed by atoms with Crippen LogP contribution in [0.5, 0.6) is 0 Å². The average Bonchev–Trinajstić information content (AvgIpc) is 2.03. The normalized spacial score (nSPS) is 8.00. The number of hydrogen-bond donors (Lipinski definition) is 0. The third kappa shape index (κ3) is 7.42. The van der Waals surface area contributed by atoms with Gasteiger partial charge in [-0.05, 0) is 0 Å². The van der Waals surface area contributed by atoms with Gasteiger partial charge in [0.2, 0.25) is 0 Å². The molecule has 0 aromatic heterocycles. The van der Waals surface area contributed by atoms with Gasteiger partial charge in [-0.2, -0.15) is 0 Å². The van der Waals surface area contributed by atoms with Crippen LogP contribution in [0.2, 0.25) is 0 Å². The second kappa shape index (κ2) is 9.52. The predicted molar refractivity (Wildman–Crippen MR) is 80.6 cm³/mol. The molecule has 0 atom stereocenters. The first-order chi connectivity index (χ1) is 6.40. The van der Waals surface area contributed by atoms with Crippen LogP contribution in [0.4, 0.5) is 0 Å². The maximum absolute atomic E-state index is 5.49. The minimum absolute atomic E-state index is 0. The maximum atomic E-state index is 5.49. The van der Waals surface area contributed by atoms with Crippen molar-refractivity contribution in [3.63, 3.8) is 0 Å². The summed E-state index contributed by atoms with van der Waals surface area (Å²) in [5.41, 5.74) is 0. The van der Waals surface area contributed by atoms with Crippen LogP contribution in [0.3, 0.4) is 0 Å². The largest absolute Gasteiger partial charge is 0 e. The molecule has 0 aliphatic heterocycles. The van der Waals surface area contributed by atoms with E-state index in [0.29, 0.717) is 0 Å². The SMILES string of the molecule is [B][B]B([B]B(B([B])[B])B([B])[B])B([B])[B].[V]. The molecule has 15 heteroatoms. The Morgan fingerprint density at radius 3 is 1.33 bits per heavy atom. The van der Waals surface area contributed by atoms with Crippen molar-refractivity contribution >= 4 is 100 Å². The molecular formula is B14V. The van der Waals surface area contributed by atoms with Gasteiger partial charge in [0.1, 0.15) is 0 Å². The van der Waals surface area contributed by atoms with E-state index in [0.717, 1.165) is 0 Å². The van der Waals surface area contributed by atoms with E-state index >= 15 is 0 Å². The maximum Gasteiger partial charge on any atom is 0 e. The third-order valence-corrected chi connectivity index (χ3v) is 2.00. The predicted octanol–water partition coefficient (Wildman–Crippen LogP) is -5.33. The van der Waals surface area contributed by atoms with E-state index in [9.17, 15) is 0 Å². The fraction of sp³-hybridized carbons (Fsp3) is 0. The molecule has 0 fully saturated rings. The van der Waals surface area contributed by atoms with Gasteiger partial charge >= 0.3 is 0 Å². The van der Waals surface area contributed by atoms with Gasteiger partial charge in [-0.15, -0.1) is 0 Å². The first-order valence-electron chi connectivity index (χ1n) is 4.33. The van der Waals surface area contributed by atoms with Crippen LogP contribution in [-0.2, 0) is 18.6 Å². The first kappa shape index (κ1) is 18.8. The minimum Gasteiger partial charge on any atom is 0 e. The average molecular weight is 202 g/mol. The molecule has 0 rings (SSSR count). The quantitative estimate of drug-likeness (QED) is 0.377. The summed E-state index contributed by atoms with van der Waals surface area (Å²) in [5.74, 6) is 0. The van der Waals surface area contributed by atoms with Gasteiger partial charge in [0.25, 0.3) is 0 Å². The van der Waals surface area contributed by atoms with Crippen LogP contribution in [-0.4, -0.2) is 100 Å². The summed E-state index contributed by atoms with van der Waals surface area (Å²) in [4.78, 5) is 0. The summed E-state index contributed by atoms with van der Waals surface area (Å²) < 4.78 is 0. The van der Waals surface area contributed by atoms with Gasteiger partial charge in [0, 0.05) is 119 Å². The van der Waals surface area contributed by atoms with Crippen molar-refractivity contribution in [1.29, 1.82) is 0 Å². The van der Waals surface area contributed by atoms with Crippen molar-refractivity contribution < 1.29 is 18.6 Å². The van der Waals surface area contributed by atoms with Crippen LogP contribution in [0, 0.1) is 0 Å². The zero-order chi connectivity index (χ0) is 11.3. The number of rotatable bonds is 6. The van der Waals surface area contributed by atoms with Gasteiger partial charge in [-0.3, -0.25) is 0 Å². The van der Waals surface area contributed by atoms with Crippen LogP contribution in [0.15, 0.2) is 0 Å². The molecule has 0 bridgehead atoms. The van der Waals surface area contributed by atoms with Crippen LogP contribution < -0.4 is 0 Å². The van der Waals surface area contributed by atoms with Crippen molar-refractivity contribution in [2.75, 3.05) is 0 Å². The molecule has 15 heavy (non-hydrogen) atoms. The Kier molecular flexibility index (Phi) is 12.0. The van der Waals surface area contributed by atoms with E-state index < -0.39 is 19.2 Å². The van der Waals surface area contributed by atoms with Crippen molar-refractivity contribution in [3.05, 3.63) is 0 Å². The molecule has 0 spiro atoms. The Bertz CT molecular complexity index is 130. The Balaban J connectivity index is 0. The van der Waals surface area contributed by atoms with Gasteiger partial charge in [-0.25, -0.2) is 0 Å². The molecule has 0 N–H and O–H groups in total. The third-order valence-electron chi connectivity index (χ3n) is 2.00. The molecule has 0 aromatic rings. The van der Waals surface area contributed by atoms with E-state index in [1.165, 1.54) is 7.06 Å². The van der Waals surface area contributed by atoms with Gasteiger partial charge in [-0.1, -0.05) is 0 Å². The number of hydrogen-bond acceptors (Lipinski definition) is 0. The Morgan fingerprint density at radius 1 is 0.733 bits per heavy atom. The van der Waals surface area contributed by atoms with Crippen LogP contribution >= 0.6 is 0 Å². The summed E-state index contributed by atoms with van der Waals surface area (Å²) in [7, 11) is 41.3. The molecule has 0 amide bonds. The second-order valence-corrected chi connectivity index (χ2v) is 3.27. The van der Waals surface area contributed by atoms with Crippen molar-refractivity contribution in [2.45, 2.75) is 0 Å². The topological polar surface area (TPSA) is 0 Å². The van der Waals surface area contributed by atoms with E-state index in [-0.39, 0.29) is 31.3 Å². The fourth-order valence-electron chi connectivity index (χ4n) is 1.09. The molecule has 0 unspecified atom stereocenters. The smallest absolute Gasteiger partial charge is 0 e. The van der Waals surface area contributed by atoms with E-state index in [4.69, 9.17) is 54.2 Å².